The number of alkyl halides is 1. The third-order valence-electron chi connectivity index (χ3n) is 2.47. The van der Waals surface area contributed by atoms with Gasteiger partial charge in [0.15, 0.2) is 0 Å². The van der Waals surface area contributed by atoms with Crippen molar-refractivity contribution in [1.29, 1.82) is 0 Å². The minimum atomic E-state index is -0.626. The Morgan fingerprint density at radius 2 is 1.78 bits per heavy atom. The van der Waals surface area contributed by atoms with Gasteiger partial charge in [-0.25, -0.2) is 4.79 Å². The number of hydrogen-bond donors (Lipinski definition) is 0. The highest BCUT2D eigenvalue weighted by Crippen LogP contribution is 2.12. The number of halogens is 1. The van der Waals surface area contributed by atoms with Crippen molar-refractivity contribution in [1.82, 2.24) is 0 Å². The van der Waals surface area contributed by atoms with Gasteiger partial charge >= 0.3 is 6.16 Å². The lowest BCUT2D eigenvalue weighted by Crippen LogP contribution is -2.11. The third kappa shape index (κ3) is 6.64. The van der Waals surface area contributed by atoms with Crippen LogP contribution in [0.1, 0.15) is 31.2 Å². The number of carbonyl (C=O) groups is 1. The summed E-state index contributed by atoms with van der Waals surface area (Å²) in [5.41, 5.74) is 1.13. The van der Waals surface area contributed by atoms with Crippen LogP contribution in [0.15, 0.2) is 24.3 Å². The van der Waals surface area contributed by atoms with Crippen molar-refractivity contribution in [3.63, 3.8) is 0 Å². The quantitative estimate of drug-likeness (QED) is 0.322. The van der Waals surface area contributed by atoms with E-state index in [9.17, 15) is 4.79 Å². The molecule has 0 amide bonds. The van der Waals surface area contributed by atoms with Gasteiger partial charge in [-0.3, -0.25) is 0 Å². The van der Waals surface area contributed by atoms with E-state index in [1.807, 2.05) is 19.1 Å². The van der Waals surface area contributed by atoms with Gasteiger partial charge in [0.05, 0.1) is 6.61 Å². The van der Waals surface area contributed by atoms with Crippen LogP contribution in [0, 0.1) is 6.92 Å². The zero-order valence-electron chi connectivity index (χ0n) is 10.7. The molecule has 1 rings (SSSR count). The van der Waals surface area contributed by atoms with Crippen LogP contribution in [-0.2, 0) is 4.74 Å². The molecule has 0 aromatic heterocycles. The SMILES string of the molecule is Cc1ccc(OC(=O)OCCCCCCBr)cc1. The highest BCUT2D eigenvalue weighted by atomic mass is 79.9. The van der Waals surface area contributed by atoms with Crippen LogP contribution >= 0.6 is 15.9 Å². The van der Waals surface area contributed by atoms with E-state index in [4.69, 9.17) is 9.47 Å². The van der Waals surface area contributed by atoms with Crippen LogP contribution in [0.5, 0.6) is 5.75 Å². The molecule has 0 aliphatic heterocycles. The highest BCUT2D eigenvalue weighted by molar-refractivity contribution is 9.09. The molecule has 0 heterocycles. The molecule has 0 saturated heterocycles. The monoisotopic (exact) mass is 314 g/mol. The summed E-state index contributed by atoms with van der Waals surface area (Å²) < 4.78 is 10.0. The number of rotatable bonds is 7. The zero-order chi connectivity index (χ0) is 13.2. The van der Waals surface area contributed by atoms with Gasteiger partial charge in [-0.15, -0.1) is 0 Å². The molecule has 0 fully saturated rings. The molecule has 0 N–H and O–H groups in total. The summed E-state index contributed by atoms with van der Waals surface area (Å²) in [6.07, 6.45) is 3.65. The molecule has 0 aliphatic carbocycles. The second-order valence-corrected chi connectivity index (χ2v) is 4.91. The Hall–Kier alpha value is -1.03. The lowest BCUT2D eigenvalue weighted by molar-refractivity contribution is 0.0973. The molecular weight excluding hydrogens is 296 g/mol. The smallest absolute Gasteiger partial charge is 0.434 e. The fourth-order valence-electron chi connectivity index (χ4n) is 1.44. The zero-order valence-corrected chi connectivity index (χ0v) is 12.2. The van der Waals surface area contributed by atoms with Gasteiger partial charge in [0.1, 0.15) is 5.75 Å². The van der Waals surface area contributed by atoms with Crippen LogP contribution < -0.4 is 4.74 Å². The Kier molecular flexibility index (Phi) is 7.49. The molecule has 100 valence electrons. The molecule has 0 bridgehead atoms. The topological polar surface area (TPSA) is 35.5 Å². The van der Waals surface area contributed by atoms with Crippen LogP contribution in [0.4, 0.5) is 4.79 Å². The number of benzene rings is 1. The highest BCUT2D eigenvalue weighted by Gasteiger charge is 2.05. The Morgan fingerprint density at radius 3 is 2.44 bits per heavy atom. The Balaban J connectivity index is 2.12. The van der Waals surface area contributed by atoms with E-state index < -0.39 is 6.16 Å². The Morgan fingerprint density at radius 1 is 1.11 bits per heavy atom. The first-order valence-electron chi connectivity index (χ1n) is 6.19. The molecule has 1 aromatic rings. The Bertz CT molecular complexity index is 349. The molecular formula is C14H19BrO3. The summed E-state index contributed by atoms with van der Waals surface area (Å²) in [6, 6.07) is 7.30. The first-order valence-corrected chi connectivity index (χ1v) is 7.32. The van der Waals surface area contributed by atoms with E-state index in [1.54, 1.807) is 12.1 Å². The molecule has 18 heavy (non-hydrogen) atoms. The normalized spacial score (nSPS) is 10.1. The van der Waals surface area contributed by atoms with Crippen molar-refractivity contribution < 1.29 is 14.3 Å². The van der Waals surface area contributed by atoms with Crippen molar-refractivity contribution in [2.24, 2.45) is 0 Å². The van der Waals surface area contributed by atoms with E-state index >= 15 is 0 Å². The van der Waals surface area contributed by atoms with Crippen molar-refractivity contribution in [3.8, 4) is 5.75 Å². The summed E-state index contributed by atoms with van der Waals surface area (Å²) >= 11 is 3.38. The second kappa shape index (κ2) is 8.97. The van der Waals surface area contributed by atoms with Crippen molar-refractivity contribution in [2.75, 3.05) is 11.9 Å². The van der Waals surface area contributed by atoms with Crippen LogP contribution in [0.2, 0.25) is 0 Å². The molecule has 0 aliphatic rings. The lowest BCUT2D eigenvalue weighted by atomic mass is 10.2. The van der Waals surface area contributed by atoms with Gasteiger partial charge in [-0.1, -0.05) is 46.5 Å². The molecule has 0 atom stereocenters. The minimum absolute atomic E-state index is 0.424. The fraction of sp³-hybridized carbons (Fsp3) is 0.500. The van der Waals surface area contributed by atoms with Crippen molar-refractivity contribution >= 4 is 22.1 Å². The maximum absolute atomic E-state index is 11.3. The molecule has 0 unspecified atom stereocenters. The first kappa shape index (κ1) is 15.0. The molecule has 4 heteroatoms. The fourth-order valence-corrected chi connectivity index (χ4v) is 1.83. The second-order valence-electron chi connectivity index (χ2n) is 4.12. The third-order valence-corrected chi connectivity index (χ3v) is 3.03. The van der Waals surface area contributed by atoms with Crippen molar-refractivity contribution in [3.05, 3.63) is 29.8 Å². The molecule has 3 nitrogen and oxygen atoms in total. The standard InChI is InChI=1S/C14H19BrO3/c1-12-6-8-13(9-7-12)18-14(16)17-11-5-3-2-4-10-15/h6-9H,2-5,10-11H2,1H3. The maximum Gasteiger partial charge on any atom is 0.513 e. The summed E-state index contributed by atoms with van der Waals surface area (Å²) in [5.74, 6) is 0.518. The molecule has 0 saturated carbocycles. The summed E-state index contributed by atoms with van der Waals surface area (Å²) in [5, 5.41) is 1.03. The first-order chi connectivity index (χ1) is 8.72. The van der Waals surface area contributed by atoms with E-state index in [1.165, 1.54) is 0 Å². The number of ether oxygens (including phenoxy) is 2. The summed E-state index contributed by atoms with van der Waals surface area (Å²) in [4.78, 5) is 11.3. The van der Waals surface area contributed by atoms with E-state index in [-0.39, 0.29) is 0 Å². The van der Waals surface area contributed by atoms with Gasteiger partial charge in [0, 0.05) is 5.33 Å². The number of aryl methyl sites for hydroxylation is 1. The number of carbonyl (C=O) groups excluding carboxylic acids is 1. The minimum Gasteiger partial charge on any atom is -0.434 e. The Labute approximate surface area is 117 Å². The van der Waals surface area contributed by atoms with Gasteiger partial charge in [-0.2, -0.15) is 0 Å². The predicted octanol–water partition coefficient (Wildman–Crippen LogP) is 4.47. The van der Waals surface area contributed by atoms with Gasteiger partial charge in [-0.05, 0) is 31.9 Å². The van der Waals surface area contributed by atoms with Crippen LogP contribution in [-0.4, -0.2) is 18.1 Å². The maximum atomic E-state index is 11.3. The van der Waals surface area contributed by atoms with Gasteiger partial charge < -0.3 is 9.47 Å². The van der Waals surface area contributed by atoms with E-state index in [2.05, 4.69) is 15.9 Å². The van der Waals surface area contributed by atoms with Crippen LogP contribution in [0.3, 0.4) is 0 Å². The summed E-state index contributed by atoms with van der Waals surface area (Å²) in [7, 11) is 0. The molecule has 0 radical (unpaired) electrons. The largest absolute Gasteiger partial charge is 0.513 e. The number of unbranched alkanes of at least 4 members (excludes halogenated alkanes) is 3. The predicted molar refractivity (Wildman–Crippen MR) is 75.4 cm³/mol. The molecule has 1 aromatic carbocycles. The molecule has 0 spiro atoms. The van der Waals surface area contributed by atoms with E-state index in [0.29, 0.717) is 12.4 Å². The van der Waals surface area contributed by atoms with Crippen molar-refractivity contribution in [2.45, 2.75) is 32.6 Å². The average Bonchev–Trinajstić information content (AvgIpc) is 2.36. The summed E-state index contributed by atoms with van der Waals surface area (Å²) in [6.45, 7) is 2.40. The lowest BCUT2D eigenvalue weighted by Gasteiger charge is -2.05. The van der Waals surface area contributed by atoms with Gasteiger partial charge in [0.2, 0.25) is 0 Å². The number of hydrogen-bond acceptors (Lipinski definition) is 3. The average molecular weight is 315 g/mol. The van der Waals surface area contributed by atoms with Gasteiger partial charge in [0.25, 0.3) is 0 Å². The van der Waals surface area contributed by atoms with Crippen LogP contribution in [0.25, 0.3) is 0 Å². The van der Waals surface area contributed by atoms with E-state index in [0.717, 1.165) is 36.6 Å².